The van der Waals surface area contributed by atoms with Crippen molar-refractivity contribution >= 4 is 29.3 Å². The van der Waals surface area contributed by atoms with E-state index >= 15 is 0 Å². The van der Waals surface area contributed by atoms with E-state index in [-0.39, 0.29) is 30.3 Å². The van der Waals surface area contributed by atoms with Crippen LogP contribution in [0.4, 0.5) is 13.2 Å². The van der Waals surface area contributed by atoms with Gasteiger partial charge in [-0.15, -0.1) is 12.4 Å². The van der Waals surface area contributed by atoms with E-state index in [9.17, 15) is 18.0 Å². The molecule has 2 aromatic carbocycles. The molecule has 1 aromatic heterocycles. The molecule has 1 aliphatic heterocycles. The molecule has 10 heteroatoms. The van der Waals surface area contributed by atoms with Crippen LogP contribution in [0.15, 0.2) is 36.4 Å². The second-order valence-electron chi connectivity index (χ2n) is 8.24. The summed E-state index contributed by atoms with van der Waals surface area (Å²) in [6.45, 7) is 0.936. The molecule has 1 saturated carbocycles. The van der Waals surface area contributed by atoms with Gasteiger partial charge in [0.05, 0.1) is 16.6 Å². The first-order valence-electron chi connectivity index (χ1n) is 10.6. The van der Waals surface area contributed by atoms with Gasteiger partial charge in [-0.1, -0.05) is 6.42 Å². The number of aromatic amines is 1. The number of amides is 1. The van der Waals surface area contributed by atoms with E-state index in [1.54, 1.807) is 18.2 Å². The lowest BCUT2D eigenvalue weighted by Crippen LogP contribution is -2.38. The molecule has 1 aliphatic carbocycles. The summed E-state index contributed by atoms with van der Waals surface area (Å²) in [5, 5.41) is 3.08. The fourth-order valence-electron chi connectivity index (χ4n) is 4.42. The first-order valence-corrected chi connectivity index (χ1v) is 10.6. The van der Waals surface area contributed by atoms with Crippen molar-refractivity contribution in [2.45, 2.75) is 43.8 Å². The van der Waals surface area contributed by atoms with Gasteiger partial charge in [-0.25, -0.2) is 4.98 Å². The number of nitrogens with one attached hydrogen (secondary N) is 2. The molecule has 2 heterocycles. The average Bonchev–Trinajstić information content (AvgIpc) is 3.22. The highest BCUT2D eigenvalue weighted by Crippen LogP contribution is 2.35. The van der Waals surface area contributed by atoms with E-state index < -0.39 is 11.7 Å². The van der Waals surface area contributed by atoms with Gasteiger partial charge in [0.25, 0.3) is 5.91 Å². The molecule has 33 heavy (non-hydrogen) atoms. The Labute approximate surface area is 194 Å². The fourth-order valence-corrected chi connectivity index (χ4v) is 4.42. The van der Waals surface area contributed by atoms with Gasteiger partial charge < -0.3 is 19.8 Å². The van der Waals surface area contributed by atoms with Gasteiger partial charge in [-0.05, 0) is 55.7 Å². The Morgan fingerprint density at radius 3 is 2.64 bits per heavy atom. The fraction of sp³-hybridized carbons (Fsp3) is 0.391. The zero-order valence-corrected chi connectivity index (χ0v) is 18.4. The van der Waals surface area contributed by atoms with Crippen molar-refractivity contribution in [2.75, 3.05) is 13.2 Å². The standard InChI is InChI=1S/C23H22F3N3O3.ClH/c24-23(25,26)15-5-6-17-18(12-15)29-21(28-17)13-2-1-3-16(10-13)27-22(30)14-4-7-19-20(11-14)32-9-8-31-19;/h4-7,11-13,16H,1-3,8-10H2,(H,27,30)(H,28,29);1H/t13-,16+;/m0./s1. The van der Waals surface area contributed by atoms with Crippen LogP contribution in [-0.2, 0) is 6.18 Å². The van der Waals surface area contributed by atoms with Gasteiger partial charge in [-0.3, -0.25) is 4.79 Å². The molecule has 1 fully saturated rings. The summed E-state index contributed by atoms with van der Waals surface area (Å²) in [5.41, 5.74) is 0.681. The Balaban J connectivity index is 0.00000259. The number of ether oxygens (including phenoxy) is 2. The van der Waals surface area contributed by atoms with Gasteiger partial charge in [0.1, 0.15) is 19.0 Å². The van der Waals surface area contributed by atoms with Gasteiger partial charge in [0.15, 0.2) is 11.5 Å². The minimum absolute atomic E-state index is 0. The second kappa shape index (κ2) is 9.13. The molecule has 0 saturated heterocycles. The molecule has 2 N–H and O–H groups in total. The third-order valence-corrected chi connectivity index (χ3v) is 6.03. The Morgan fingerprint density at radius 2 is 1.85 bits per heavy atom. The molecular formula is C23H23ClF3N3O3. The van der Waals surface area contributed by atoms with Crippen molar-refractivity contribution < 1.29 is 27.4 Å². The SMILES string of the molecule is Cl.O=C(N[C@@H]1CCC[C@H](c2nc3ccc(C(F)(F)F)cc3[nH]2)C1)c1ccc2c(c1)OCCO2. The van der Waals surface area contributed by atoms with E-state index in [1.165, 1.54) is 6.07 Å². The number of halogens is 4. The molecule has 176 valence electrons. The van der Waals surface area contributed by atoms with Crippen LogP contribution in [0.2, 0.25) is 0 Å². The number of alkyl halides is 3. The van der Waals surface area contributed by atoms with Crippen LogP contribution >= 0.6 is 12.4 Å². The number of H-pyrrole nitrogens is 1. The summed E-state index contributed by atoms with van der Waals surface area (Å²) in [5.74, 6) is 1.70. The number of rotatable bonds is 3. The van der Waals surface area contributed by atoms with Crippen molar-refractivity contribution in [3.63, 3.8) is 0 Å². The van der Waals surface area contributed by atoms with Crippen molar-refractivity contribution in [1.29, 1.82) is 0 Å². The zero-order chi connectivity index (χ0) is 22.3. The number of fused-ring (bicyclic) bond motifs is 2. The molecule has 0 spiro atoms. The predicted molar refractivity (Wildman–Crippen MR) is 118 cm³/mol. The van der Waals surface area contributed by atoms with Crippen molar-refractivity contribution in [1.82, 2.24) is 15.3 Å². The summed E-state index contributed by atoms with van der Waals surface area (Å²) >= 11 is 0. The Kier molecular flexibility index (Phi) is 6.43. The average molecular weight is 482 g/mol. The van der Waals surface area contributed by atoms with Gasteiger partial charge in [0, 0.05) is 17.5 Å². The Morgan fingerprint density at radius 1 is 1.06 bits per heavy atom. The lowest BCUT2D eigenvalue weighted by atomic mass is 9.85. The third-order valence-electron chi connectivity index (χ3n) is 6.03. The molecule has 0 unspecified atom stereocenters. The number of carbonyl (C=O) groups is 1. The zero-order valence-electron chi connectivity index (χ0n) is 17.6. The van der Waals surface area contributed by atoms with Gasteiger partial charge in [-0.2, -0.15) is 13.2 Å². The molecule has 0 bridgehead atoms. The molecule has 3 aromatic rings. The van der Waals surface area contributed by atoms with E-state index in [0.717, 1.165) is 31.4 Å². The smallest absolute Gasteiger partial charge is 0.416 e. The quantitative estimate of drug-likeness (QED) is 0.537. The molecule has 5 rings (SSSR count). The van der Waals surface area contributed by atoms with Crippen LogP contribution in [0.25, 0.3) is 11.0 Å². The van der Waals surface area contributed by atoms with Gasteiger partial charge >= 0.3 is 6.18 Å². The normalized spacial score (nSPS) is 20.2. The number of imidazole rings is 1. The highest BCUT2D eigenvalue weighted by atomic mass is 35.5. The first-order chi connectivity index (χ1) is 15.4. The number of nitrogens with zero attached hydrogens (tertiary/aromatic N) is 1. The molecule has 0 radical (unpaired) electrons. The maximum absolute atomic E-state index is 13.0. The Bertz CT molecular complexity index is 1160. The van der Waals surface area contributed by atoms with Crippen LogP contribution in [0.1, 0.15) is 53.3 Å². The van der Waals surface area contributed by atoms with Crippen LogP contribution in [0.5, 0.6) is 11.5 Å². The van der Waals surface area contributed by atoms with E-state index in [0.29, 0.717) is 53.6 Å². The van der Waals surface area contributed by atoms with Gasteiger partial charge in [0.2, 0.25) is 0 Å². The maximum Gasteiger partial charge on any atom is 0.416 e. The summed E-state index contributed by atoms with van der Waals surface area (Å²) in [6.07, 6.45) is -1.13. The van der Waals surface area contributed by atoms with Crippen LogP contribution < -0.4 is 14.8 Å². The van der Waals surface area contributed by atoms with Crippen LogP contribution in [0.3, 0.4) is 0 Å². The van der Waals surface area contributed by atoms with Crippen LogP contribution in [-0.4, -0.2) is 35.1 Å². The number of benzene rings is 2. The summed E-state index contributed by atoms with van der Waals surface area (Å²) in [4.78, 5) is 20.4. The summed E-state index contributed by atoms with van der Waals surface area (Å²) < 4.78 is 50.0. The topological polar surface area (TPSA) is 76.2 Å². The Hall–Kier alpha value is -2.94. The van der Waals surface area contributed by atoms with E-state index in [2.05, 4.69) is 15.3 Å². The van der Waals surface area contributed by atoms with E-state index in [4.69, 9.17) is 9.47 Å². The summed E-state index contributed by atoms with van der Waals surface area (Å²) in [6, 6.07) is 8.61. The maximum atomic E-state index is 13.0. The molecule has 2 atom stereocenters. The highest BCUT2D eigenvalue weighted by molar-refractivity contribution is 5.95. The summed E-state index contributed by atoms with van der Waals surface area (Å²) in [7, 11) is 0. The van der Waals surface area contributed by atoms with E-state index in [1.807, 2.05) is 0 Å². The highest BCUT2D eigenvalue weighted by Gasteiger charge is 2.31. The number of carbonyl (C=O) groups excluding carboxylic acids is 1. The lowest BCUT2D eigenvalue weighted by molar-refractivity contribution is -0.137. The molecule has 6 nitrogen and oxygen atoms in total. The molecule has 2 aliphatic rings. The molecule has 1 amide bonds. The minimum atomic E-state index is -4.40. The first kappa shape index (κ1) is 23.2. The number of aromatic nitrogens is 2. The van der Waals surface area contributed by atoms with Crippen molar-refractivity contribution in [2.24, 2.45) is 0 Å². The largest absolute Gasteiger partial charge is 0.486 e. The minimum Gasteiger partial charge on any atom is -0.486 e. The number of hydrogen-bond donors (Lipinski definition) is 2. The van der Waals surface area contributed by atoms with Crippen molar-refractivity contribution in [3.8, 4) is 11.5 Å². The lowest BCUT2D eigenvalue weighted by Gasteiger charge is -2.29. The monoisotopic (exact) mass is 481 g/mol. The second-order valence-corrected chi connectivity index (χ2v) is 8.24. The third kappa shape index (κ3) is 4.88. The number of hydrogen-bond acceptors (Lipinski definition) is 4. The van der Waals surface area contributed by atoms with Crippen LogP contribution in [0, 0.1) is 0 Å². The van der Waals surface area contributed by atoms with Crippen molar-refractivity contribution in [3.05, 3.63) is 53.3 Å². The predicted octanol–water partition coefficient (Wildman–Crippen LogP) is 5.23. The molecular weight excluding hydrogens is 459 g/mol.